The van der Waals surface area contributed by atoms with Crippen LogP contribution >= 0.6 is 0 Å². The Kier molecular flexibility index (Phi) is 5.73. The van der Waals surface area contributed by atoms with Crippen molar-refractivity contribution in [1.29, 1.82) is 0 Å². The molecule has 1 fully saturated rings. The lowest BCUT2D eigenvalue weighted by atomic mass is 10.0. The van der Waals surface area contributed by atoms with Crippen molar-refractivity contribution in [3.8, 4) is 0 Å². The van der Waals surface area contributed by atoms with Gasteiger partial charge >= 0.3 is 6.18 Å². The molecule has 166 valence electrons. The van der Waals surface area contributed by atoms with Gasteiger partial charge in [-0.15, -0.1) is 0 Å². The van der Waals surface area contributed by atoms with Crippen LogP contribution in [0.5, 0.6) is 0 Å². The molecular weight excluding hydrogens is 423 g/mol. The molecule has 0 bridgehead atoms. The molecule has 9 heteroatoms. The summed E-state index contributed by atoms with van der Waals surface area (Å²) in [6.07, 6.45) is -3.44. The minimum absolute atomic E-state index is 0.0432. The first kappa shape index (κ1) is 21.6. The minimum Gasteiger partial charge on any atom is -0.282 e. The molecule has 0 unspecified atom stereocenters. The third-order valence-corrected chi connectivity index (χ3v) is 5.59. The number of anilines is 1. The van der Waals surface area contributed by atoms with E-state index < -0.39 is 29.0 Å². The maximum absolute atomic E-state index is 13.4. The van der Waals surface area contributed by atoms with Crippen LogP contribution < -0.4 is 5.01 Å². The number of halogens is 3. The van der Waals surface area contributed by atoms with Crippen LogP contribution in [-0.4, -0.2) is 28.9 Å². The number of alkyl halides is 3. The van der Waals surface area contributed by atoms with Gasteiger partial charge in [-0.2, -0.15) is 13.2 Å². The van der Waals surface area contributed by atoms with Crippen molar-refractivity contribution in [1.82, 2.24) is 5.01 Å². The van der Waals surface area contributed by atoms with E-state index in [1.807, 2.05) is 0 Å². The van der Waals surface area contributed by atoms with Crippen molar-refractivity contribution in [2.24, 2.45) is 0 Å². The van der Waals surface area contributed by atoms with Crippen LogP contribution in [0.2, 0.25) is 0 Å². The van der Waals surface area contributed by atoms with E-state index in [-0.39, 0.29) is 11.3 Å². The third kappa shape index (κ3) is 4.10. The molecule has 1 aliphatic heterocycles. The van der Waals surface area contributed by atoms with Gasteiger partial charge in [0.25, 0.3) is 5.69 Å². The summed E-state index contributed by atoms with van der Waals surface area (Å²) >= 11 is 0. The van der Waals surface area contributed by atoms with Gasteiger partial charge in [0, 0.05) is 24.5 Å². The van der Waals surface area contributed by atoms with E-state index in [2.05, 4.69) is 0 Å². The van der Waals surface area contributed by atoms with E-state index in [4.69, 9.17) is 0 Å². The largest absolute Gasteiger partial charge is 0.416 e. The van der Waals surface area contributed by atoms with Crippen molar-refractivity contribution >= 4 is 28.1 Å². The Balaban J connectivity index is 1.70. The van der Waals surface area contributed by atoms with E-state index in [9.17, 15) is 28.1 Å². The highest BCUT2D eigenvalue weighted by Gasteiger charge is 2.34. The molecule has 6 nitrogen and oxygen atoms in total. The number of non-ortho nitro benzene ring substituents is 1. The van der Waals surface area contributed by atoms with Crippen LogP contribution in [0.3, 0.4) is 0 Å². The zero-order valence-electron chi connectivity index (χ0n) is 17.0. The van der Waals surface area contributed by atoms with Crippen LogP contribution in [-0.2, 0) is 17.4 Å². The normalized spacial score (nSPS) is 14.6. The first-order valence-electron chi connectivity index (χ1n) is 10.2. The number of fused-ring (bicyclic) bond motifs is 1. The average molecular weight is 443 g/mol. The first-order valence-corrected chi connectivity index (χ1v) is 10.2. The van der Waals surface area contributed by atoms with Crippen LogP contribution in [0.25, 0.3) is 10.8 Å². The van der Waals surface area contributed by atoms with Crippen LogP contribution in [0.15, 0.2) is 60.7 Å². The Morgan fingerprint density at radius 1 is 0.938 bits per heavy atom. The van der Waals surface area contributed by atoms with Crippen molar-refractivity contribution in [2.75, 3.05) is 18.1 Å². The van der Waals surface area contributed by atoms with Gasteiger partial charge in [-0.25, -0.2) is 0 Å². The highest BCUT2D eigenvalue weighted by atomic mass is 19.4. The van der Waals surface area contributed by atoms with Gasteiger partial charge in [0.05, 0.1) is 28.0 Å². The predicted molar refractivity (Wildman–Crippen MR) is 114 cm³/mol. The van der Waals surface area contributed by atoms with Gasteiger partial charge < -0.3 is 0 Å². The molecule has 0 N–H and O–H groups in total. The molecule has 0 aliphatic carbocycles. The average Bonchev–Trinajstić information content (AvgIpc) is 2.78. The predicted octanol–water partition coefficient (Wildman–Crippen LogP) is 5.35. The summed E-state index contributed by atoms with van der Waals surface area (Å²) in [5.74, 6) is -0.455. The fourth-order valence-electron chi connectivity index (χ4n) is 4.13. The molecule has 3 aromatic carbocycles. The molecule has 1 saturated heterocycles. The second-order valence-electron chi connectivity index (χ2n) is 7.59. The summed E-state index contributed by atoms with van der Waals surface area (Å²) in [5.41, 5.74) is -0.330. The lowest BCUT2D eigenvalue weighted by Gasteiger charge is -2.40. The SMILES string of the molecule is O=C(Cc1ccccc1C(F)(F)F)N1CCCCN1c1ccc([N+](=O)[O-])c2ccccc12. The number of rotatable bonds is 4. The number of nitrogens with zero attached hydrogens (tertiary/aromatic N) is 3. The highest BCUT2D eigenvalue weighted by molar-refractivity contribution is 6.00. The van der Waals surface area contributed by atoms with Gasteiger partial charge in [0.2, 0.25) is 5.91 Å². The van der Waals surface area contributed by atoms with Gasteiger partial charge in [-0.3, -0.25) is 24.9 Å². The smallest absolute Gasteiger partial charge is 0.282 e. The summed E-state index contributed by atoms with van der Waals surface area (Å²) in [4.78, 5) is 24.1. The molecule has 0 saturated carbocycles. The topological polar surface area (TPSA) is 66.7 Å². The Labute approximate surface area is 182 Å². The van der Waals surface area contributed by atoms with Crippen molar-refractivity contribution in [3.63, 3.8) is 0 Å². The summed E-state index contributed by atoms with van der Waals surface area (Å²) in [7, 11) is 0. The zero-order valence-corrected chi connectivity index (χ0v) is 17.0. The van der Waals surface area contributed by atoms with Crippen LogP contribution in [0.4, 0.5) is 24.5 Å². The highest BCUT2D eigenvalue weighted by Crippen LogP contribution is 2.36. The van der Waals surface area contributed by atoms with Gasteiger partial charge in [-0.1, -0.05) is 36.4 Å². The number of amides is 1. The molecule has 0 spiro atoms. The number of nitro groups is 1. The van der Waals surface area contributed by atoms with Gasteiger partial charge in [0.15, 0.2) is 0 Å². The number of hydrazine groups is 1. The molecular formula is C23H20F3N3O3. The number of benzene rings is 3. The number of hydrogen-bond donors (Lipinski definition) is 0. The Hall–Kier alpha value is -3.62. The van der Waals surface area contributed by atoms with E-state index >= 15 is 0 Å². The van der Waals surface area contributed by atoms with E-state index in [1.54, 1.807) is 35.3 Å². The molecule has 3 aromatic rings. The standard InChI is InChI=1S/C23H20F3N3O3/c24-23(25,26)19-10-4-1-7-16(19)15-22(30)28-14-6-5-13-27(28)20-11-12-21(29(31)32)18-9-3-2-8-17(18)20/h1-4,7-12H,5-6,13-15H2. The molecule has 1 amide bonds. The fraction of sp³-hybridized carbons (Fsp3) is 0.261. The number of carbonyl (C=O) groups excluding carboxylic acids is 1. The number of carbonyl (C=O) groups is 1. The van der Waals surface area contributed by atoms with E-state index in [0.717, 1.165) is 12.5 Å². The lowest BCUT2D eigenvalue weighted by Crippen LogP contribution is -2.51. The molecule has 0 aromatic heterocycles. The lowest BCUT2D eigenvalue weighted by molar-refractivity contribution is -0.383. The Bertz CT molecular complexity index is 1180. The zero-order chi connectivity index (χ0) is 22.9. The van der Waals surface area contributed by atoms with Crippen LogP contribution in [0, 0.1) is 10.1 Å². The summed E-state index contributed by atoms with van der Waals surface area (Å²) in [6, 6.07) is 14.9. The quantitative estimate of drug-likeness (QED) is 0.403. The minimum atomic E-state index is -4.55. The summed E-state index contributed by atoms with van der Waals surface area (Å²) < 4.78 is 40.1. The van der Waals surface area contributed by atoms with Crippen molar-refractivity contribution in [2.45, 2.75) is 25.4 Å². The molecule has 32 heavy (non-hydrogen) atoms. The molecule has 1 heterocycles. The van der Waals surface area contributed by atoms with Gasteiger partial charge in [-0.05, 0) is 36.6 Å². The maximum atomic E-state index is 13.4. The van der Waals surface area contributed by atoms with E-state index in [1.165, 1.54) is 29.3 Å². The Morgan fingerprint density at radius 3 is 2.31 bits per heavy atom. The Morgan fingerprint density at radius 2 is 1.59 bits per heavy atom. The fourth-order valence-corrected chi connectivity index (χ4v) is 4.13. The maximum Gasteiger partial charge on any atom is 0.416 e. The number of hydrogen-bond acceptors (Lipinski definition) is 4. The second kappa shape index (κ2) is 8.49. The third-order valence-electron chi connectivity index (χ3n) is 5.59. The molecule has 4 rings (SSSR count). The second-order valence-corrected chi connectivity index (χ2v) is 7.59. The summed E-state index contributed by atoms with van der Waals surface area (Å²) in [6.45, 7) is 0.840. The van der Waals surface area contributed by atoms with E-state index in [0.29, 0.717) is 36.0 Å². The first-order chi connectivity index (χ1) is 15.3. The summed E-state index contributed by atoms with van der Waals surface area (Å²) in [5, 5.41) is 15.7. The number of nitro benzene ring substituents is 1. The van der Waals surface area contributed by atoms with Crippen LogP contribution in [0.1, 0.15) is 24.0 Å². The molecule has 1 aliphatic rings. The molecule has 0 radical (unpaired) electrons. The molecule has 0 atom stereocenters. The monoisotopic (exact) mass is 443 g/mol. The van der Waals surface area contributed by atoms with Crippen molar-refractivity contribution in [3.05, 3.63) is 81.9 Å². The van der Waals surface area contributed by atoms with Crippen molar-refractivity contribution < 1.29 is 22.9 Å². The van der Waals surface area contributed by atoms with Gasteiger partial charge in [0.1, 0.15) is 0 Å².